The normalized spacial score (nSPS) is 13.2. The van der Waals surface area contributed by atoms with Crippen LogP contribution in [0, 0.1) is 5.92 Å². The molecule has 1 aromatic heterocycles. The summed E-state index contributed by atoms with van der Waals surface area (Å²) in [6.45, 7) is 5.40. The van der Waals surface area contributed by atoms with E-state index in [2.05, 4.69) is 24.2 Å². The van der Waals surface area contributed by atoms with E-state index in [1.165, 1.54) is 0 Å². The molecule has 1 rings (SSSR count). The first kappa shape index (κ1) is 10.2. The Kier molecular flexibility index (Phi) is 3.89. The number of hydrogen-bond donors (Lipinski definition) is 1. The van der Waals surface area contributed by atoms with E-state index in [1.54, 1.807) is 0 Å². The summed E-state index contributed by atoms with van der Waals surface area (Å²) in [6.07, 6.45) is 3.65. The van der Waals surface area contributed by atoms with Crippen LogP contribution in [0.15, 0.2) is 6.20 Å². The second-order valence-corrected chi connectivity index (χ2v) is 3.42. The van der Waals surface area contributed by atoms with Crippen molar-refractivity contribution in [3.63, 3.8) is 0 Å². The average molecular weight is 183 g/mol. The second-order valence-electron chi connectivity index (χ2n) is 3.42. The number of aliphatic hydroxyl groups is 1. The SMILES string of the molecule is CCC(C)Cn1cc(CCO)nn1. The van der Waals surface area contributed by atoms with E-state index in [1.807, 2.05) is 10.9 Å². The van der Waals surface area contributed by atoms with Crippen molar-refractivity contribution in [2.75, 3.05) is 6.61 Å². The van der Waals surface area contributed by atoms with Gasteiger partial charge in [-0.2, -0.15) is 0 Å². The molecule has 0 aliphatic carbocycles. The van der Waals surface area contributed by atoms with Crippen molar-refractivity contribution < 1.29 is 5.11 Å². The largest absolute Gasteiger partial charge is 0.396 e. The Morgan fingerprint density at radius 3 is 3.00 bits per heavy atom. The van der Waals surface area contributed by atoms with Gasteiger partial charge in [0, 0.05) is 25.8 Å². The van der Waals surface area contributed by atoms with Gasteiger partial charge in [-0.1, -0.05) is 25.5 Å². The lowest BCUT2D eigenvalue weighted by Crippen LogP contribution is -2.07. The zero-order chi connectivity index (χ0) is 9.68. The third kappa shape index (κ3) is 3.14. The highest BCUT2D eigenvalue weighted by molar-refractivity contribution is 4.92. The third-order valence-corrected chi connectivity index (χ3v) is 2.15. The molecule has 1 atom stereocenters. The van der Waals surface area contributed by atoms with Crippen molar-refractivity contribution in [3.05, 3.63) is 11.9 Å². The maximum absolute atomic E-state index is 8.68. The fraction of sp³-hybridized carbons (Fsp3) is 0.778. The van der Waals surface area contributed by atoms with Crippen molar-refractivity contribution in [1.82, 2.24) is 15.0 Å². The number of rotatable bonds is 5. The first-order valence-corrected chi connectivity index (χ1v) is 4.76. The molecule has 0 amide bonds. The number of aliphatic hydroxyl groups excluding tert-OH is 1. The molecule has 1 heterocycles. The van der Waals surface area contributed by atoms with Gasteiger partial charge in [-0.15, -0.1) is 5.10 Å². The maximum atomic E-state index is 8.68. The van der Waals surface area contributed by atoms with Crippen LogP contribution >= 0.6 is 0 Å². The maximum Gasteiger partial charge on any atom is 0.0849 e. The molecule has 0 saturated carbocycles. The second kappa shape index (κ2) is 4.97. The van der Waals surface area contributed by atoms with Gasteiger partial charge in [0.2, 0.25) is 0 Å². The van der Waals surface area contributed by atoms with Crippen molar-refractivity contribution in [3.8, 4) is 0 Å². The molecule has 0 bridgehead atoms. The number of aromatic nitrogens is 3. The molecule has 0 saturated heterocycles. The summed E-state index contributed by atoms with van der Waals surface area (Å²) in [5.74, 6) is 0.628. The summed E-state index contributed by atoms with van der Waals surface area (Å²) in [5, 5.41) is 16.6. The molecule has 1 unspecified atom stereocenters. The average Bonchev–Trinajstić information content (AvgIpc) is 2.53. The van der Waals surface area contributed by atoms with Gasteiger partial charge in [-0.05, 0) is 5.92 Å². The highest BCUT2D eigenvalue weighted by atomic mass is 16.3. The van der Waals surface area contributed by atoms with E-state index in [-0.39, 0.29) is 6.61 Å². The zero-order valence-electron chi connectivity index (χ0n) is 8.27. The van der Waals surface area contributed by atoms with E-state index in [4.69, 9.17) is 5.11 Å². The molecule has 4 nitrogen and oxygen atoms in total. The van der Waals surface area contributed by atoms with Crippen LogP contribution in [-0.4, -0.2) is 26.7 Å². The number of hydrogen-bond acceptors (Lipinski definition) is 3. The molecule has 0 spiro atoms. The summed E-state index contributed by atoms with van der Waals surface area (Å²) in [5.41, 5.74) is 0.866. The van der Waals surface area contributed by atoms with E-state index in [0.29, 0.717) is 12.3 Å². The molecule has 1 aromatic rings. The number of nitrogens with zero attached hydrogens (tertiary/aromatic N) is 3. The van der Waals surface area contributed by atoms with Crippen LogP contribution in [0.1, 0.15) is 26.0 Å². The van der Waals surface area contributed by atoms with Crippen LogP contribution in [0.2, 0.25) is 0 Å². The van der Waals surface area contributed by atoms with Crippen LogP contribution in [-0.2, 0) is 13.0 Å². The Labute approximate surface area is 78.6 Å². The third-order valence-electron chi connectivity index (χ3n) is 2.15. The minimum absolute atomic E-state index is 0.141. The van der Waals surface area contributed by atoms with Gasteiger partial charge >= 0.3 is 0 Å². The lowest BCUT2D eigenvalue weighted by Gasteiger charge is -2.06. The van der Waals surface area contributed by atoms with Crippen molar-refractivity contribution in [1.29, 1.82) is 0 Å². The minimum Gasteiger partial charge on any atom is -0.396 e. The van der Waals surface area contributed by atoms with Crippen molar-refractivity contribution in [2.45, 2.75) is 33.2 Å². The summed E-state index contributed by atoms with van der Waals surface area (Å²) < 4.78 is 1.85. The van der Waals surface area contributed by atoms with Crippen LogP contribution in [0.3, 0.4) is 0 Å². The molecule has 0 aliphatic heterocycles. The molecular weight excluding hydrogens is 166 g/mol. The molecule has 0 aliphatic rings. The fourth-order valence-electron chi connectivity index (χ4n) is 1.11. The molecule has 1 N–H and O–H groups in total. The predicted molar refractivity (Wildman–Crippen MR) is 50.3 cm³/mol. The Morgan fingerprint density at radius 2 is 2.38 bits per heavy atom. The van der Waals surface area contributed by atoms with E-state index in [0.717, 1.165) is 18.7 Å². The molecule has 74 valence electrons. The van der Waals surface area contributed by atoms with Gasteiger partial charge in [0.25, 0.3) is 0 Å². The van der Waals surface area contributed by atoms with Crippen LogP contribution in [0.25, 0.3) is 0 Å². The summed E-state index contributed by atoms with van der Waals surface area (Å²) in [4.78, 5) is 0. The van der Waals surface area contributed by atoms with E-state index >= 15 is 0 Å². The molecule has 0 aromatic carbocycles. The summed E-state index contributed by atoms with van der Waals surface area (Å²) >= 11 is 0. The van der Waals surface area contributed by atoms with Gasteiger partial charge in [0.05, 0.1) is 5.69 Å². The van der Waals surface area contributed by atoms with Crippen LogP contribution < -0.4 is 0 Å². The highest BCUT2D eigenvalue weighted by Crippen LogP contribution is 2.04. The van der Waals surface area contributed by atoms with E-state index in [9.17, 15) is 0 Å². The van der Waals surface area contributed by atoms with Gasteiger partial charge < -0.3 is 5.11 Å². The molecule has 0 radical (unpaired) electrons. The van der Waals surface area contributed by atoms with Gasteiger partial charge in [-0.3, -0.25) is 4.68 Å². The van der Waals surface area contributed by atoms with E-state index < -0.39 is 0 Å². The van der Waals surface area contributed by atoms with Gasteiger partial charge in [0.1, 0.15) is 0 Å². The standard InChI is InChI=1S/C9H17N3O/c1-3-8(2)6-12-7-9(4-5-13)10-11-12/h7-8,13H,3-6H2,1-2H3. The Bertz CT molecular complexity index is 247. The van der Waals surface area contributed by atoms with Crippen molar-refractivity contribution in [2.24, 2.45) is 5.92 Å². The van der Waals surface area contributed by atoms with Crippen LogP contribution in [0.4, 0.5) is 0 Å². The molecule has 13 heavy (non-hydrogen) atoms. The zero-order valence-corrected chi connectivity index (χ0v) is 8.27. The molecular formula is C9H17N3O. The minimum atomic E-state index is 0.141. The van der Waals surface area contributed by atoms with Gasteiger partial charge in [-0.25, -0.2) is 0 Å². The quantitative estimate of drug-likeness (QED) is 0.736. The topological polar surface area (TPSA) is 50.9 Å². The molecule has 0 fully saturated rings. The lowest BCUT2D eigenvalue weighted by molar-refractivity contribution is 0.298. The Hall–Kier alpha value is -0.900. The monoisotopic (exact) mass is 183 g/mol. The van der Waals surface area contributed by atoms with Crippen LogP contribution in [0.5, 0.6) is 0 Å². The first-order chi connectivity index (χ1) is 6.26. The highest BCUT2D eigenvalue weighted by Gasteiger charge is 2.03. The first-order valence-electron chi connectivity index (χ1n) is 4.76. The molecule has 4 heteroatoms. The Balaban J connectivity index is 2.48. The predicted octanol–water partition coefficient (Wildman–Crippen LogP) is 0.859. The smallest absolute Gasteiger partial charge is 0.0849 e. The Morgan fingerprint density at radius 1 is 1.62 bits per heavy atom. The van der Waals surface area contributed by atoms with Gasteiger partial charge in [0.15, 0.2) is 0 Å². The summed E-state index contributed by atoms with van der Waals surface area (Å²) in [7, 11) is 0. The van der Waals surface area contributed by atoms with Crippen molar-refractivity contribution >= 4 is 0 Å². The lowest BCUT2D eigenvalue weighted by atomic mass is 10.1. The fourth-order valence-corrected chi connectivity index (χ4v) is 1.11. The summed E-state index contributed by atoms with van der Waals surface area (Å²) in [6, 6.07) is 0.